The summed E-state index contributed by atoms with van der Waals surface area (Å²) in [6.07, 6.45) is 1.32. The average molecular weight is 313 g/mol. The smallest absolute Gasteiger partial charge is 0.271 e. The second kappa shape index (κ2) is 7.60. The van der Waals surface area contributed by atoms with E-state index in [0.717, 1.165) is 0 Å². The van der Waals surface area contributed by atoms with Gasteiger partial charge in [0.05, 0.1) is 12.2 Å². The largest absolute Gasteiger partial charge is 0.546 e. The maximum atomic E-state index is 11.8. The quantitative estimate of drug-likeness (QED) is 0.588. The van der Waals surface area contributed by atoms with E-state index in [1.54, 1.807) is 24.3 Å². The van der Waals surface area contributed by atoms with Crippen LogP contribution in [0.3, 0.4) is 0 Å². The molecule has 2 N–H and O–H groups in total. The molecule has 0 saturated heterocycles. The molecule has 23 heavy (non-hydrogen) atoms. The molecule has 2 rings (SSSR count). The highest BCUT2D eigenvalue weighted by Gasteiger charge is 2.05. The number of rotatable bonds is 6. The number of aromatic hydroxyl groups is 1. The van der Waals surface area contributed by atoms with Crippen LogP contribution < -0.4 is 15.3 Å². The predicted molar refractivity (Wildman–Crippen MR) is 80.1 cm³/mol. The van der Waals surface area contributed by atoms with E-state index in [2.05, 4.69) is 10.5 Å². The molecule has 7 nitrogen and oxygen atoms in total. The molecule has 118 valence electrons. The van der Waals surface area contributed by atoms with Crippen molar-refractivity contribution in [2.75, 3.05) is 6.61 Å². The van der Waals surface area contributed by atoms with E-state index in [-0.39, 0.29) is 11.3 Å². The van der Waals surface area contributed by atoms with Crippen LogP contribution in [-0.2, 0) is 4.79 Å². The summed E-state index contributed by atoms with van der Waals surface area (Å²) in [6.45, 7) is -0.583. The van der Waals surface area contributed by atoms with Gasteiger partial charge in [-0.25, -0.2) is 5.43 Å². The highest BCUT2D eigenvalue weighted by Crippen LogP contribution is 2.15. The van der Waals surface area contributed by atoms with Crippen LogP contribution in [0, 0.1) is 0 Å². The van der Waals surface area contributed by atoms with Crippen LogP contribution in [0.2, 0.25) is 0 Å². The van der Waals surface area contributed by atoms with Crippen molar-refractivity contribution in [3.05, 3.63) is 59.7 Å². The number of para-hydroxylation sites is 1. The topological polar surface area (TPSA) is 111 Å². The normalized spacial score (nSPS) is 10.4. The Morgan fingerprint density at radius 1 is 1.22 bits per heavy atom. The maximum Gasteiger partial charge on any atom is 0.271 e. The lowest BCUT2D eigenvalue weighted by Crippen LogP contribution is -2.29. The van der Waals surface area contributed by atoms with Crippen molar-refractivity contribution in [2.45, 2.75) is 0 Å². The molecule has 0 saturated carbocycles. The molecule has 0 aliphatic heterocycles. The Morgan fingerprint density at radius 3 is 2.74 bits per heavy atom. The predicted octanol–water partition coefficient (Wildman–Crippen LogP) is 0.285. The number of nitrogens with one attached hydrogen (secondary N) is 1. The third-order valence-electron chi connectivity index (χ3n) is 2.74. The summed E-state index contributed by atoms with van der Waals surface area (Å²) in [7, 11) is 0. The molecule has 0 bridgehead atoms. The fraction of sp³-hybridized carbons (Fsp3) is 0.0625. The number of phenols is 1. The SMILES string of the molecule is O=C([O-])COc1ccccc1/C=N\NC(=O)c1cccc(O)c1. The van der Waals surface area contributed by atoms with Gasteiger partial charge in [-0.3, -0.25) is 4.79 Å². The van der Waals surface area contributed by atoms with Crippen LogP contribution in [0.5, 0.6) is 11.5 Å². The first-order valence-electron chi connectivity index (χ1n) is 6.60. The Hall–Kier alpha value is -3.35. The fourth-order valence-electron chi connectivity index (χ4n) is 1.73. The van der Waals surface area contributed by atoms with Gasteiger partial charge in [0.15, 0.2) is 0 Å². The highest BCUT2D eigenvalue weighted by atomic mass is 16.5. The van der Waals surface area contributed by atoms with Crippen molar-refractivity contribution >= 4 is 18.1 Å². The first kappa shape index (κ1) is 16.0. The highest BCUT2D eigenvalue weighted by molar-refractivity contribution is 5.95. The average Bonchev–Trinajstić information content (AvgIpc) is 2.53. The molecule has 0 unspecified atom stereocenters. The van der Waals surface area contributed by atoms with Gasteiger partial charge in [-0.2, -0.15) is 5.10 Å². The number of carbonyl (C=O) groups excluding carboxylic acids is 2. The number of ether oxygens (including phenoxy) is 1. The number of carboxylic acids is 1. The summed E-state index contributed by atoms with van der Waals surface area (Å²) < 4.78 is 5.06. The van der Waals surface area contributed by atoms with Gasteiger partial charge < -0.3 is 19.7 Å². The lowest BCUT2D eigenvalue weighted by molar-refractivity contribution is -0.307. The first-order chi connectivity index (χ1) is 11.1. The van der Waals surface area contributed by atoms with Gasteiger partial charge in [-0.1, -0.05) is 18.2 Å². The van der Waals surface area contributed by atoms with Gasteiger partial charge in [0, 0.05) is 11.1 Å². The van der Waals surface area contributed by atoms with Crippen LogP contribution in [0.15, 0.2) is 53.6 Å². The third kappa shape index (κ3) is 4.85. The Bertz CT molecular complexity index is 743. The fourth-order valence-corrected chi connectivity index (χ4v) is 1.73. The summed E-state index contributed by atoms with van der Waals surface area (Å²) in [5, 5.41) is 23.5. The van der Waals surface area contributed by atoms with Crippen LogP contribution >= 0.6 is 0 Å². The molecule has 2 aromatic carbocycles. The summed E-state index contributed by atoms with van der Waals surface area (Å²) in [6, 6.07) is 12.4. The maximum absolute atomic E-state index is 11.8. The number of nitrogens with zero attached hydrogens (tertiary/aromatic N) is 1. The number of carboxylic acid groups (broad SMARTS) is 1. The number of benzene rings is 2. The van der Waals surface area contributed by atoms with Crippen molar-refractivity contribution < 1.29 is 24.5 Å². The molecule has 0 atom stereocenters. The number of hydrogen-bond acceptors (Lipinski definition) is 6. The molecule has 0 spiro atoms. The molecule has 0 aromatic heterocycles. The lowest BCUT2D eigenvalue weighted by atomic mass is 10.2. The number of phenolic OH excluding ortho intramolecular Hbond substituents is 1. The number of hydrogen-bond donors (Lipinski definition) is 2. The second-order valence-corrected chi connectivity index (χ2v) is 4.45. The van der Waals surface area contributed by atoms with Gasteiger partial charge in [0.1, 0.15) is 18.1 Å². The number of hydrazone groups is 1. The van der Waals surface area contributed by atoms with Crippen molar-refractivity contribution in [1.82, 2.24) is 5.43 Å². The van der Waals surface area contributed by atoms with Crippen molar-refractivity contribution in [3.8, 4) is 11.5 Å². The van der Waals surface area contributed by atoms with E-state index in [1.807, 2.05) is 0 Å². The van der Waals surface area contributed by atoms with Crippen LogP contribution in [-0.4, -0.2) is 29.8 Å². The summed E-state index contributed by atoms with van der Waals surface area (Å²) in [5.74, 6) is -1.56. The molecule has 0 aliphatic carbocycles. The molecule has 1 amide bonds. The molecular formula is C16H13N2O5-. The van der Waals surface area contributed by atoms with Gasteiger partial charge in [-0.15, -0.1) is 0 Å². The lowest BCUT2D eigenvalue weighted by Gasteiger charge is -2.09. The van der Waals surface area contributed by atoms with Crippen LogP contribution in [0.25, 0.3) is 0 Å². The van der Waals surface area contributed by atoms with Crippen LogP contribution in [0.1, 0.15) is 15.9 Å². The molecule has 0 heterocycles. The van der Waals surface area contributed by atoms with E-state index in [4.69, 9.17) is 4.74 Å². The zero-order chi connectivity index (χ0) is 16.7. The molecule has 0 radical (unpaired) electrons. The van der Waals surface area contributed by atoms with E-state index in [1.165, 1.54) is 30.5 Å². The van der Waals surface area contributed by atoms with Crippen molar-refractivity contribution in [1.29, 1.82) is 0 Å². The van der Waals surface area contributed by atoms with E-state index >= 15 is 0 Å². The van der Waals surface area contributed by atoms with Gasteiger partial charge in [-0.05, 0) is 30.3 Å². The van der Waals surface area contributed by atoms with Gasteiger partial charge in [0.2, 0.25) is 0 Å². The number of aliphatic carboxylic acids is 1. The first-order valence-corrected chi connectivity index (χ1v) is 6.60. The Morgan fingerprint density at radius 2 is 2.00 bits per heavy atom. The van der Waals surface area contributed by atoms with Crippen LogP contribution in [0.4, 0.5) is 0 Å². The molecule has 0 aliphatic rings. The van der Waals surface area contributed by atoms with E-state index in [0.29, 0.717) is 11.3 Å². The number of carbonyl (C=O) groups is 2. The minimum Gasteiger partial charge on any atom is -0.546 e. The Kier molecular flexibility index (Phi) is 5.30. The Balaban J connectivity index is 2.03. The third-order valence-corrected chi connectivity index (χ3v) is 2.74. The second-order valence-electron chi connectivity index (χ2n) is 4.45. The molecule has 7 heteroatoms. The molecule has 0 fully saturated rings. The van der Waals surface area contributed by atoms with Gasteiger partial charge >= 0.3 is 0 Å². The number of amides is 1. The summed E-state index contributed by atoms with van der Waals surface area (Å²) >= 11 is 0. The monoisotopic (exact) mass is 313 g/mol. The van der Waals surface area contributed by atoms with Crippen molar-refractivity contribution in [2.24, 2.45) is 5.10 Å². The summed E-state index contributed by atoms with van der Waals surface area (Å²) in [4.78, 5) is 22.3. The molecule has 2 aromatic rings. The minimum atomic E-state index is -1.34. The van der Waals surface area contributed by atoms with E-state index < -0.39 is 18.5 Å². The zero-order valence-electron chi connectivity index (χ0n) is 11.9. The van der Waals surface area contributed by atoms with Gasteiger partial charge in [0.25, 0.3) is 5.91 Å². The van der Waals surface area contributed by atoms with E-state index in [9.17, 15) is 19.8 Å². The zero-order valence-corrected chi connectivity index (χ0v) is 11.9. The summed E-state index contributed by atoms with van der Waals surface area (Å²) in [5.41, 5.74) is 3.05. The molecular weight excluding hydrogens is 300 g/mol. The van der Waals surface area contributed by atoms with Crippen molar-refractivity contribution in [3.63, 3.8) is 0 Å². The standard InChI is InChI=1S/C16H14N2O5/c19-13-6-3-5-11(8-13)16(22)18-17-9-12-4-1-2-7-14(12)23-10-15(20)21/h1-9,19H,10H2,(H,18,22)(H,20,21)/p-1/b17-9-. The Labute approximate surface area is 131 Å². The minimum absolute atomic E-state index is 0.0253.